The number of rotatable bonds is 4. The predicted octanol–water partition coefficient (Wildman–Crippen LogP) is 2.28. The summed E-state index contributed by atoms with van der Waals surface area (Å²) in [5.41, 5.74) is 3.12. The first-order valence-corrected chi connectivity index (χ1v) is 9.57. The van der Waals surface area contributed by atoms with E-state index in [0.717, 1.165) is 55.3 Å². The number of nitrogens with one attached hydrogen (secondary N) is 1. The van der Waals surface area contributed by atoms with Crippen LogP contribution in [0, 0.1) is 5.92 Å². The van der Waals surface area contributed by atoms with Gasteiger partial charge in [-0.2, -0.15) is 0 Å². The number of fused-ring (bicyclic) bond motifs is 1. The van der Waals surface area contributed by atoms with Gasteiger partial charge in [0.25, 0.3) is 0 Å². The van der Waals surface area contributed by atoms with E-state index in [2.05, 4.69) is 20.2 Å². The fourth-order valence-electron chi connectivity index (χ4n) is 3.79. The summed E-state index contributed by atoms with van der Waals surface area (Å²) in [7, 11) is 0. The summed E-state index contributed by atoms with van der Waals surface area (Å²) in [5, 5.41) is 3.01. The highest BCUT2D eigenvalue weighted by Gasteiger charge is 2.26. The van der Waals surface area contributed by atoms with Gasteiger partial charge in [0.2, 0.25) is 11.9 Å². The Balaban J connectivity index is 1.37. The molecule has 1 saturated heterocycles. The van der Waals surface area contributed by atoms with Crippen molar-refractivity contribution in [3.05, 3.63) is 47.5 Å². The van der Waals surface area contributed by atoms with E-state index < -0.39 is 0 Å². The fourth-order valence-corrected chi connectivity index (χ4v) is 3.79. The first-order valence-electron chi connectivity index (χ1n) is 9.57. The first-order chi connectivity index (χ1) is 12.8. The van der Waals surface area contributed by atoms with Crippen molar-refractivity contribution in [2.24, 2.45) is 5.92 Å². The molecule has 6 heteroatoms. The van der Waals surface area contributed by atoms with Gasteiger partial charge in [-0.3, -0.25) is 9.78 Å². The van der Waals surface area contributed by atoms with Crippen LogP contribution in [0.25, 0.3) is 0 Å². The van der Waals surface area contributed by atoms with Crippen LogP contribution in [-0.4, -0.2) is 33.9 Å². The van der Waals surface area contributed by atoms with Crippen molar-refractivity contribution in [1.82, 2.24) is 20.3 Å². The highest BCUT2D eigenvalue weighted by atomic mass is 16.1. The number of amides is 1. The number of hydrogen-bond donors (Lipinski definition) is 1. The van der Waals surface area contributed by atoms with Crippen LogP contribution >= 0.6 is 0 Å². The number of piperidine rings is 1. The average molecular weight is 351 g/mol. The standard InChI is InChI=1S/C20H25N5O/c26-19(22-14-17-6-2-3-9-21-17)15-7-8-18-16(12-15)13-23-20(24-18)25-10-4-1-5-11-25/h2-3,6,9,13,15H,1,4-5,7-8,10-12,14H2,(H,22,26)/t15-/m1/s1. The van der Waals surface area contributed by atoms with Gasteiger partial charge >= 0.3 is 0 Å². The van der Waals surface area contributed by atoms with Crippen molar-refractivity contribution in [2.75, 3.05) is 18.0 Å². The van der Waals surface area contributed by atoms with Crippen LogP contribution in [0.4, 0.5) is 5.95 Å². The number of aryl methyl sites for hydroxylation is 1. The topological polar surface area (TPSA) is 71.0 Å². The molecule has 2 aliphatic rings. The zero-order valence-electron chi connectivity index (χ0n) is 15.0. The molecule has 0 unspecified atom stereocenters. The molecular weight excluding hydrogens is 326 g/mol. The summed E-state index contributed by atoms with van der Waals surface area (Å²) < 4.78 is 0. The van der Waals surface area contributed by atoms with Crippen molar-refractivity contribution in [2.45, 2.75) is 45.1 Å². The minimum Gasteiger partial charge on any atom is -0.350 e. The Bertz CT molecular complexity index is 758. The van der Waals surface area contributed by atoms with Gasteiger partial charge in [0, 0.05) is 37.1 Å². The van der Waals surface area contributed by atoms with Crippen molar-refractivity contribution >= 4 is 11.9 Å². The zero-order valence-corrected chi connectivity index (χ0v) is 15.0. The van der Waals surface area contributed by atoms with E-state index in [4.69, 9.17) is 4.98 Å². The van der Waals surface area contributed by atoms with Crippen molar-refractivity contribution in [1.29, 1.82) is 0 Å². The van der Waals surface area contributed by atoms with Gasteiger partial charge in [-0.1, -0.05) is 6.07 Å². The quantitative estimate of drug-likeness (QED) is 0.915. The molecule has 4 rings (SSSR count). The molecule has 1 aliphatic carbocycles. The summed E-state index contributed by atoms with van der Waals surface area (Å²) in [6.07, 6.45) is 9.84. The highest BCUT2D eigenvalue weighted by molar-refractivity contribution is 5.79. The molecule has 1 amide bonds. The van der Waals surface area contributed by atoms with Gasteiger partial charge in [-0.05, 0) is 56.2 Å². The SMILES string of the molecule is O=C(NCc1ccccn1)[C@@H]1CCc2nc(N3CCCCC3)ncc2C1. The second-order valence-corrected chi connectivity index (χ2v) is 7.17. The van der Waals surface area contributed by atoms with Crippen LogP contribution in [0.15, 0.2) is 30.6 Å². The maximum absolute atomic E-state index is 12.5. The highest BCUT2D eigenvalue weighted by Crippen LogP contribution is 2.26. The molecule has 1 fully saturated rings. The maximum Gasteiger partial charge on any atom is 0.225 e. The van der Waals surface area contributed by atoms with Crippen molar-refractivity contribution < 1.29 is 4.79 Å². The van der Waals surface area contributed by atoms with Crippen LogP contribution in [0.2, 0.25) is 0 Å². The molecule has 1 N–H and O–H groups in total. The second kappa shape index (κ2) is 7.81. The molecule has 3 heterocycles. The smallest absolute Gasteiger partial charge is 0.225 e. The first kappa shape index (κ1) is 16.9. The lowest BCUT2D eigenvalue weighted by atomic mass is 9.86. The van der Waals surface area contributed by atoms with Crippen LogP contribution in [0.1, 0.15) is 42.6 Å². The number of anilines is 1. The lowest BCUT2D eigenvalue weighted by Crippen LogP contribution is -2.35. The summed E-state index contributed by atoms with van der Waals surface area (Å²) >= 11 is 0. The minimum absolute atomic E-state index is 0.00403. The van der Waals surface area contributed by atoms with E-state index in [0.29, 0.717) is 6.54 Å². The van der Waals surface area contributed by atoms with E-state index in [1.54, 1.807) is 6.20 Å². The van der Waals surface area contributed by atoms with Gasteiger partial charge < -0.3 is 10.2 Å². The fraction of sp³-hybridized carbons (Fsp3) is 0.500. The van der Waals surface area contributed by atoms with Crippen LogP contribution in [0.3, 0.4) is 0 Å². The zero-order chi connectivity index (χ0) is 17.8. The average Bonchev–Trinajstić information content (AvgIpc) is 2.72. The second-order valence-electron chi connectivity index (χ2n) is 7.17. The minimum atomic E-state index is -0.00403. The molecule has 0 aromatic carbocycles. The maximum atomic E-state index is 12.5. The largest absolute Gasteiger partial charge is 0.350 e. The van der Waals surface area contributed by atoms with E-state index in [9.17, 15) is 4.79 Å². The molecule has 0 bridgehead atoms. The van der Waals surface area contributed by atoms with Crippen molar-refractivity contribution in [3.8, 4) is 0 Å². The number of carbonyl (C=O) groups is 1. The van der Waals surface area contributed by atoms with Gasteiger partial charge in [-0.15, -0.1) is 0 Å². The summed E-state index contributed by atoms with van der Waals surface area (Å²) in [6, 6.07) is 5.73. The number of aromatic nitrogens is 3. The lowest BCUT2D eigenvalue weighted by Gasteiger charge is -2.28. The van der Waals surface area contributed by atoms with E-state index in [-0.39, 0.29) is 11.8 Å². The Hall–Kier alpha value is -2.50. The van der Waals surface area contributed by atoms with Gasteiger partial charge in [0.1, 0.15) is 0 Å². The van der Waals surface area contributed by atoms with Crippen LogP contribution in [0.5, 0.6) is 0 Å². The van der Waals surface area contributed by atoms with E-state index in [1.807, 2.05) is 24.4 Å². The normalized spacial score (nSPS) is 19.7. The van der Waals surface area contributed by atoms with Gasteiger partial charge in [-0.25, -0.2) is 9.97 Å². The Morgan fingerprint density at radius 2 is 2.08 bits per heavy atom. The van der Waals surface area contributed by atoms with Crippen LogP contribution < -0.4 is 10.2 Å². The molecule has 0 saturated carbocycles. The summed E-state index contributed by atoms with van der Waals surface area (Å²) in [4.78, 5) is 28.4. The molecule has 1 aliphatic heterocycles. The number of pyridine rings is 1. The molecule has 1 atom stereocenters. The van der Waals surface area contributed by atoms with E-state index in [1.165, 1.54) is 19.3 Å². The third-order valence-corrected chi connectivity index (χ3v) is 5.32. The molecule has 2 aromatic rings. The third kappa shape index (κ3) is 3.84. The summed E-state index contributed by atoms with van der Waals surface area (Å²) in [6.45, 7) is 2.59. The molecule has 26 heavy (non-hydrogen) atoms. The van der Waals surface area contributed by atoms with Gasteiger partial charge in [0.05, 0.1) is 12.2 Å². The van der Waals surface area contributed by atoms with Gasteiger partial charge in [0.15, 0.2) is 0 Å². The molecule has 0 radical (unpaired) electrons. The monoisotopic (exact) mass is 351 g/mol. The van der Waals surface area contributed by atoms with E-state index >= 15 is 0 Å². The Kier molecular flexibility index (Phi) is 5.09. The molecule has 0 spiro atoms. The number of carbonyl (C=O) groups excluding carboxylic acids is 1. The third-order valence-electron chi connectivity index (χ3n) is 5.32. The number of hydrogen-bond acceptors (Lipinski definition) is 5. The Morgan fingerprint density at radius 3 is 2.88 bits per heavy atom. The van der Waals surface area contributed by atoms with Crippen molar-refractivity contribution in [3.63, 3.8) is 0 Å². The molecule has 6 nitrogen and oxygen atoms in total. The molecule has 2 aromatic heterocycles. The lowest BCUT2D eigenvalue weighted by molar-refractivity contribution is -0.125. The molecular formula is C20H25N5O. The van der Waals surface area contributed by atoms with Crippen LogP contribution in [-0.2, 0) is 24.2 Å². The Labute approximate surface area is 154 Å². The molecule has 136 valence electrons. The predicted molar refractivity (Wildman–Crippen MR) is 99.7 cm³/mol. The number of nitrogens with zero attached hydrogens (tertiary/aromatic N) is 4. The Morgan fingerprint density at radius 1 is 1.19 bits per heavy atom. The summed E-state index contributed by atoms with van der Waals surface area (Å²) in [5.74, 6) is 0.957.